The minimum absolute atomic E-state index is 0.105. The van der Waals surface area contributed by atoms with Crippen LogP contribution in [0.5, 0.6) is 0 Å². The third kappa shape index (κ3) is 4.38. The van der Waals surface area contributed by atoms with E-state index in [1.54, 1.807) is 28.8 Å². The van der Waals surface area contributed by atoms with Gasteiger partial charge in [-0.2, -0.15) is 0 Å². The molecule has 3 rings (SSSR count). The van der Waals surface area contributed by atoms with E-state index in [0.717, 1.165) is 28.5 Å². The van der Waals surface area contributed by atoms with E-state index < -0.39 is 0 Å². The molecule has 0 aliphatic heterocycles. The van der Waals surface area contributed by atoms with E-state index in [2.05, 4.69) is 10.2 Å². The van der Waals surface area contributed by atoms with E-state index in [9.17, 15) is 9.59 Å². The van der Waals surface area contributed by atoms with Gasteiger partial charge in [0.2, 0.25) is 11.0 Å². The summed E-state index contributed by atoms with van der Waals surface area (Å²) in [6, 6.07) is 7.60. The smallest absolute Gasteiger partial charge is 0.337 e. The molecule has 0 N–H and O–H groups in total. The van der Waals surface area contributed by atoms with Crippen molar-refractivity contribution in [3.8, 4) is 0 Å². The SMILES string of the molecule is CCC(=O)N(c1nnc(SCc2ccc(C(=O)OC)cc2)s1)C1CC1. The van der Waals surface area contributed by atoms with Gasteiger partial charge < -0.3 is 4.74 Å². The Bertz CT molecular complexity index is 757. The van der Waals surface area contributed by atoms with Crippen molar-refractivity contribution in [1.29, 1.82) is 0 Å². The van der Waals surface area contributed by atoms with Gasteiger partial charge in [0.25, 0.3) is 0 Å². The lowest BCUT2D eigenvalue weighted by Crippen LogP contribution is -2.32. The predicted octanol–water partition coefficient (Wildman–Crippen LogP) is 3.52. The number of esters is 1. The van der Waals surface area contributed by atoms with Gasteiger partial charge in [-0.15, -0.1) is 10.2 Å². The average Bonchev–Trinajstić information content (AvgIpc) is 3.37. The molecule has 1 fully saturated rings. The van der Waals surface area contributed by atoms with Crippen molar-refractivity contribution >= 4 is 40.1 Å². The van der Waals surface area contributed by atoms with Crippen molar-refractivity contribution in [2.24, 2.45) is 0 Å². The second-order valence-electron chi connectivity index (χ2n) is 5.68. The fraction of sp³-hybridized carbons (Fsp3) is 0.412. The van der Waals surface area contributed by atoms with Crippen LogP contribution in [0, 0.1) is 0 Å². The summed E-state index contributed by atoms with van der Waals surface area (Å²) in [5.41, 5.74) is 1.62. The van der Waals surface area contributed by atoms with Crippen LogP contribution in [0.3, 0.4) is 0 Å². The van der Waals surface area contributed by atoms with Gasteiger partial charge in [0, 0.05) is 18.2 Å². The number of rotatable bonds is 7. The molecular weight excluding hydrogens is 358 g/mol. The Morgan fingerprint density at radius 3 is 2.60 bits per heavy atom. The molecule has 0 spiro atoms. The van der Waals surface area contributed by atoms with Gasteiger partial charge in [0.05, 0.1) is 12.7 Å². The summed E-state index contributed by atoms with van der Waals surface area (Å²) in [5.74, 6) is 0.489. The second kappa shape index (κ2) is 7.97. The lowest BCUT2D eigenvalue weighted by Gasteiger charge is -2.17. The van der Waals surface area contributed by atoms with Crippen molar-refractivity contribution in [3.63, 3.8) is 0 Å². The molecule has 1 amide bonds. The monoisotopic (exact) mass is 377 g/mol. The topological polar surface area (TPSA) is 72.4 Å². The maximum Gasteiger partial charge on any atom is 0.337 e. The lowest BCUT2D eigenvalue weighted by molar-refractivity contribution is -0.118. The molecular formula is C17H19N3O3S2. The molecule has 0 saturated heterocycles. The fourth-order valence-electron chi connectivity index (χ4n) is 2.33. The Kier molecular flexibility index (Phi) is 5.70. The highest BCUT2D eigenvalue weighted by atomic mass is 32.2. The largest absolute Gasteiger partial charge is 0.465 e. The summed E-state index contributed by atoms with van der Waals surface area (Å²) < 4.78 is 5.53. The van der Waals surface area contributed by atoms with Crippen LogP contribution in [0.15, 0.2) is 28.6 Å². The van der Waals surface area contributed by atoms with E-state index in [1.165, 1.54) is 18.4 Å². The molecule has 1 aliphatic carbocycles. The zero-order valence-corrected chi connectivity index (χ0v) is 15.7. The van der Waals surface area contributed by atoms with Crippen molar-refractivity contribution < 1.29 is 14.3 Å². The van der Waals surface area contributed by atoms with Crippen LogP contribution in [0.2, 0.25) is 0 Å². The molecule has 0 atom stereocenters. The summed E-state index contributed by atoms with van der Waals surface area (Å²) in [6.45, 7) is 1.87. The summed E-state index contributed by atoms with van der Waals surface area (Å²) in [4.78, 5) is 25.3. The Hall–Kier alpha value is -1.93. The molecule has 0 unspecified atom stereocenters. The molecule has 25 heavy (non-hydrogen) atoms. The van der Waals surface area contributed by atoms with Gasteiger partial charge in [0.1, 0.15) is 0 Å². The molecule has 0 bridgehead atoms. The van der Waals surface area contributed by atoms with Crippen LogP contribution in [-0.2, 0) is 15.3 Å². The molecule has 1 aliphatic rings. The van der Waals surface area contributed by atoms with E-state index >= 15 is 0 Å². The third-order valence-electron chi connectivity index (χ3n) is 3.82. The molecule has 1 aromatic carbocycles. The van der Waals surface area contributed by atoms with Crippen molar-refractivity contribution in [3.05, 3.63) is 35.4 Å². The molecule has 1 saturated carbocycles. The summed E-state index contributed by atoms with van der Waals surface area (Å²) >= 11 is 3.03. The van der Waals surface area contributed by atoms with Crippen molar-refractivity contribution in [2.75, 3.05) is 12.0 Å². The van der Waals surface area contributed by atoms with E-state index in [1.807, 2.05) is 19.1 Å². The minimum atomic E-state index is -0.339. The predicted molar refractivity (Wildman–Crippen MR) is 98.1 cm³/mol. The summed E-state index contributed by atoms with van der Waals surface area (Å²) in [6.07, 6.45) is 2.56. The number of benzene rings is 1. The quantitative estimate of drug-likeness (QED) is 0.418. The Balaban J connectivity index is 1.61. The number of aromatic nitrogens is 2. The first kappa shape index (κ1) is 17.9. The van der Waals surface area contributed by atoms with Crippen LogP contribution < -0.4 is 4.90 Å². The lowest BCUT2D eigenvalue weighted by atomic mass is 10.1. The number of ether oxygens (including phenoxy) is 1. The number of carbonyl (C=O) groups excluding carboxylic acids is 2. The molecule has 132 valence electrons. The first-order chi connectivity index (χ1) is 12.1. The number of methoxy groups -OCH3 is 1. The number of thioether (sulfide) groups is 1. The van der Waals surface area contributed by atoms with E-state index in [-0.39, 0.29) is 11.9 Å². The van der Waals surface area contributed by atoms with Crippen LogP contribution in [0.25, 0.3) is 0 Å². The second-order valence-corrected chi connectivity index (χ2v) is 7.85. The number of anilines is 1. The van der Waals surface area contributed by atoms with Gasteiger partial charge >= 0.3 is 5.97 Å². The summed E-state index contributed by atoms with van der Waals surface area (Å²) in [5, 5.41) is 9.09. The first-order valence-electron chi connectivity index (χ1n) is 8.08. The zero-order chi connectivity index (χ0) is 17.8. The van der Waals surface area contributed by atoms with E-state index in [4.69, 9.17) is 4.74 Å². The van der Waals surface area contributed by atoms with Crippen molar-refractivity contribution in [1.82, 2.24) is 10.2 Å². The highest BCUT2D eigenvalue weighted by Gasteiger charge is 2.35. The maximum atomic E-state index is 12.1. The van der Waals surface area contributed by atoms with Gasteiger partial charge in [-0.1, -0.05) is 42.2 Å². The normalized spacial score (nSPS) is 13.5. The maximum absolute atomic E-state index is 12.1. The molecule has 0 radical (unpaired) electrons. The number of hydrogen-bond donors (Lipinski definition) is 0. The molecule has 1 aromatic heterocycles. The first-order valence-corrected chi connectivity index (χ1v) is 9.88. The van der Waals surface area contributed by atoms with Gasteiger partial charge in [0.15, 0.2) is 4.34 Å². The zero-order valence-electron chi connectivity index (χ0n) is 14.1. The Morgan fingerprint density at radius 2 is 2.00 bits per heavy atom. The molecule has 2 aromatic rings. The minimum Gasteiger partial charge on any atom is -0.465 e. The fourth-order valence-corrected chi connectivity index (χ4v) is 4.21. The number of nitrogens with zero attached hydrogens (tertiary/aromatic N) is 3. The highest BCUT2D eigenvalue weighted by Crippen LogP contribution is 2.36. The summed E-state index contributed by atoms with van der Waals surface area (Å²) in [7, 11) is 1.37. The van der Waals surface area contributed by atoms with Crippen molar-refractivity contribution in [2.45, 2.75) is 42.3 Å². The standard InChI is InChI=1S/C17H19N3O3S2/c1-3-14(21)20(13-8-9-13)16-18-19-17(25-16)24-10-11-4-6-12(7-5-11)15(22)23-2/h4-7,13H,3,8-10H2,1-2H3. The van der Waals surface area contributed by atoms with E-state index in [0.29, 0.717) is 23.2 Å². The molecule has 6 nitrogen and oxygen atoms in total. The molecule has 1 heterocycles. The van der Waals surface area contributed by atoms with Gasteiger partial charge in [-0.3, -0.25) is 9.69 Å². The van der Waals surface area contributed by atoms with Crippen LogP contribution in [0.4, 0.5) is 5.13 Å². The number of carbonyl (C=O) groups is 2. The van der Waals surface area contributed by atoms with Crippen LogP contribution in [-0.4, -0.2) is 35.2 Å². The van der Waals surface area contributed by atoms with Gasteiger partial charge in [-0.25, -0.2) is 4.79 Å². The third-order valence-corrected chi connectivity index (χ3v) is 5.95. The highest BCUT2D eigenvalue weighted by molar-refractivity contribution is 8.00. The van der Waals surface area contributed by atoms with Crippen LogP contribution in [0.1, 0.15) is 42.1 Å². The number of hydrogen-bond acceptors (Lipinski definition) is 7. The van der Waals surface area contributed by atoms with Crippen LogP contribution >= 0.6 is 23.1 Å². The average molecular weight is 377 g/mol. The molecule has 8 heteroatoms. The van der Waals surface area contributed by atoms with Gasteiger partial charge in [-0.05, 0) is 30.5 Å². The number of amides is 1. The Labute approximate surface area is 154 Å². The Morgan fingerprint density at radius 1 is 1.28 bits per heavy atom.